The first kappa shape index (κ1) is 15.5. The molecular formula is C14H24N2OS. The zero-order chi connectivity index (χ0) is 13.4. The number of rotatable bonds is 8. The molecule has 0 spiro atoms. The molecule has 2 atom stereocenters. The predicted molar refractivity (Wildman–Crippen MR) is 78.0 cm³/mol. The first-order valence-electron chi connectivity index (χ1n) is 6.53. The van der Waals surface area contributed by atoms with Crippen LogP contribution in [0, 0.1) is 0 Å². The molecular weight excluding hydrogens is 244 g/mol. The van der Waals surface area contributed by atoms with E-state index in [0.29, 0.717) is 5.25 Å². The van der Waals surface area contributed by atoms with E-state index in [9.17, 15) is 5.11 Å². The minimum Gasteiger partial charge on any atom is -0.394 e. The van der Waals surface area contributed by atoms with Crippen LogP contribution in [0.25, 0.3) is 0 Å². The first-order chi connectivity index (χ1) is 8.59. The third-order valence-corrected chi connectivity index (χ3v) is 3.90. The number of aromatic nitrogens is 1. The molecule has 1 aromatic heterocycles. The smallest absolute Gasteiger partial charge is 0.0962 e. The number of aliphatic hydroxyl groups excluding tert-OH is 1. The summed E-state index contributed by atoms with van der Waals surface area (Å²) in [6.07, 6.45) is 3.82. The molecule has 2 unspecified atom stereocenters. The maximum absolute atomic E-state index is 9.54. The number of pyridine rings is 1. The monoisotopic (exact) mass is 268 g/mol. The Hall–Kier alpha value is -0.580. The van der Waals surface area contributed by atoms with Crippen LogP contribution in [0.2, 0.25) is 0 Å². The maximum Gasteiger partial charge on any atom is 0.0962 e. The fourth-order valence-electron chi connectivity index (χ4n) is 1.92. The maximum atomic E-state index is 9.54. The summed E-state index contributed by atoms with van der Waals surface area (Å²) >= 11 is 1.76. The van der Waals surface area contributed by atoms with Crippen molar-refractivity contribution < 1.29 is 5.11 Å². The van der Waals surface area contributed by atoms with E-state index < -0.39 is 0 Å². The molecule has 1 rings (SSSR count). The van der Waals surface area contributed by atoms with E-state index in [-0.39, 0.29) is 12.1 Å². The van der Waals surface area contributed by atoms with E-state index in [1.165, 1.54) is 0 Å². The summed E-state index contributed by atoms with van der Waals surface area (Å²) in [6, 6.07) is 5.95. The van der Waals surface area contributed by atoms with Gasteiger partial charge in [-0.1, -0.05) is 19.9 Å². The van der Waals surface area contributed by atoms with E-state index in [1.54, 1.807) is 11.8 Å². The molecule has 2 N–H and O–H groups in total. The number of nitrogens with one attached hydrogen (secondary N) is 1. The van der Waals surface area contributed by atoms with Crippen LogP contribution in [0.3, 0.4) is 0 Å². The Bertz CT molecular complexity index is 334. The van der Waals surface area contributed by atoms with Gasteiger partial charge >= 0.3 is 0 Å². The molecule has 0 radical (unpaired) electrons. The SMILES string of the molecule is CCCNC(C)(CO)CC(C)Sc1ccccn1. The average molecular weight is 268 g/mol. The quantitative estimate of drug-likeness (QED) is 0.712. The van der Waals surface area contributed by atoms with Crippen molar-refractivity contribution in [2.45, 2.75) is 49.4 Å². The molecule has 0 amide bonds. The molecule has 0 aliphatic carbocycles. The largest absolute Gasteiger partial charge is 0.394 e. The van der Waals surface area contributed by atoms with Crippen LogP contribution >= 0.6 is 11.8 Å². The lowest BCUT2D eigenvalue weighted by Crippen LogP contribution is -2.47. The van der Waals surface area contributed by atoms with Gasteiger partial charge in [-0.2, -0.15) is 0 Å². The van der Waals surface area contributed by atoms with Crippen molar-refractivity contribution in [1.82, 2.24) is 10.3 Å². The van der Waals surface area contributed by atoms with Gasteiger partial charge < -0.3 is 10.4 Å². The average Bonchev–Trinajstić information content (AvgIpc) is 2.37. The van der Waals surface area contributed by atoms with Crippen molar-refractivity contribution >= 4 is 11.8 Å². The second-order valence-electron chi connectivity index (χ2n) is 4.95. The molecule has 102 valence electrons. The Morgan fingerprint density at radius 2 is 2.28 bits per heavy atom. The van der Waals surface area contributed by atoms with Crippen molar-refractivity contribution in [3.63, 3.8) is 0 Å². The number of hydrogen-bond donors (Lipinski definition) is 2. The van der Waals surface area contributed by atoms with Gasteiger partial charge in [0.2, 0.25) is 0 Å². The van der Waals surface area contributed by atoms with Crippen molar-refractivity contribution in [3.8, 4) is 0 Å². The topological polar surface area (TPSA) is 45.1 Å². The normalized spacial score (nSPS) is 16.2. The van der Waals surface area contributed by atoms with Crippen LogP contribution < -0.4 is 5.32 Å². The van der Waals surface area contributed by atoms with E-state index in [1.807, 2.05) is 24.4 Å². The standard InChI is InChI=1S/C14H24N2OS/c1-4-8-16-14(3,11-17)10-12(2)18-13-7-5-6-9-15-13/h5-7,9,12,16-17H,4,8,10-11H2,1-3H3. The zero-order valence-electron chi connectivity index (χ0n) is 11.5. The first-order valence-corrected chi connectivity index (χ1v) is 7.41. The van der Waals surface area contributed by atoms with Crippen LogP contribution in [0.4, 0.5) is 0 Å². The van der Waals surface area contributed by atoms with Gasteiger partial charge in [0.1, 0.15) is 0 Å². The van der Waals surface area contributed by atoms with Crippen LogP contribution in [-0.4, -0.2) is 34.0 Å². The summed E-state index contributed by atoms with van der Waals surface area (Å²) < 4.78 is 0. The number of aliphatic hydroxyl groups is 1. The minimum absolute atomic E-state index is 0.167. The summed E-state index contributed by atoms with van der Waals surface area (Å²) in [7, 11) is 0. The molecule has 0 fully saturated rings. The third-order valence-electron chi connectivity index (χ3n) is 2.85. The molecule has 1 heterocycles. The van der Waals surface area contributed by atoms with Crippen LogP contribution in [0.5, 0.6) is 0 Å². The van der Waals surface area contributed by atoms with Crippen LogP contribution in [0.15, 0.2) is 29.4 Å². The van der Waals surface area contributed by atoms with E-state index in [4.69, 9.17) is 0 Å². The number of thioether (sulfide) groups is 1. The lowest BCUT2D eigenvalue weighted by Gasteiger charge is -2.31. The van der Waals surface area contributed by atoms with Gasteiger partial charge in [0.15, 0.2) is 0 Å². The third kappa shape index (κ3) is 5.38. The fraction of sp³-hybridized carbons (Fsp3) is 0.643. The molecule has 4 heteroatoms. The predicted octanol–water partition coefficient (Wildman–Crippen LogP) is 2.70. The van der Waals surface area contributed by atoms with E-state index in [2.05, 4.69) is 31.1 Å². The van der Waals surface area contributed by atoms with Crippen LogP contribution in [0.1, 0.15) is 33.6 Å². The van der Waals surface area contributed by atoms with Gasteiger partial charge in [-0.15, -0.1) is 11.8 Å². The second kappa shape index (κ2) is 7.77. The van der Waals surface area contributed by atoms with Gasteiger partial charge in [0.05, 0.1) is 11.6 Å². The summed E-state index contributed by atoms with van der Waals surface area (Å²) in [5.41, 5.74) is -0.197. The Balaban J connectivity index is 2.49. The van der Waals surface area contributed by atoms with Gasteiger partial charge in [0.25, 0.3) is 0 Å². The molecule has 0 aliphatic heterocycles. The highest BCUT2D eigenvalue weighted by Crippen LogP contribution is 2.27. The van der Waals surface area contributed by atoms with Gasteiger partial charge in [0, 0.05) is 17.0 Å². The number of nitrogens with zero attached hydrogens (tertiary/aromatic N) is 1. The lowest BCUT2D eigenvalue weighted by atomic mass is 9.97. The van der Waals surface area contributed by atoms with Gasteiger partial charge in [-0.05, 0) is 38.4 Å². The molecule has 1 aromatic rings. The molecule has 0 aliphatic rings. The molecule has 0 bridgehead atoms. The molecule has 0 aromatic carbocycles. The molecule has 0 saturated heterocycles. The summed E-state index contributed by atoms with van der Waals surface area (Å²) in [5, 5.41) is 14.4. The highest BCUT2D eigenvalue weighted by Gasteiger charge is 2.25. The Morgan fingerprint density at radius 3 is 2.83 bits per heavy atom. The van der Waals surface area contributed by atoms with Gasteiger partial charge in [-0.3, -0.25) is 0 Å². The van der Waals surface area contributed by atoms with Gasteiger partial charge in [-0.25, -0.2) is 4.98 Å². The lowest BCUT2D eigenvalue weighted by molar-refractivity contribution is 0.166. The van der Waals surface area contributed by atoms with E-state index in [0.717, 1.165) is 24.4 Å². The van der Waals surface area contributed by atoms with Crippen molar-refractivity contribution in [1.29, 1.82) is 0 Å². The van der Waals surface area contributed by atoms with Crippen LogP contribution in [-0.2, 0) is 0 Å². The highest BCUT2D eigenvalue weighted by molar-refractivity contribution is 7.99. The Kier molecular flexibility index (Phi) is 6.68. The highest BCUT2D eigenvalue weighted by atomic mass is 32.2. The summed E-state index contributed by atoms with van der Waals surface area (Å²) in [6.45, 7) is 7.51. The van der Waals surface area contributed by atoms with Crippen molar-refractivity contribution in [3.05, 3.63) is 24.4 Å². The fourth-order valence-corrected chi connectivity index (χ4v) is 3.06. The summed E-state index contributed by atoms with van der Waals surface area (Å²) in [5.74, 6) is 0. The molecule has 18 heavy (non-hydrogen) atoms. The van der Waals surface area contributed by atoms with E-state index >= 15 is 0 Å². The Morgan fingerprint density at radius 1 is 1.50 bits per heavy atom. The second-order valence-corrected chi connectivity index (χ2v) is 6.40. The number of hydrogen-bond acceptors (Lipinski definition) is 4. The van der Waals surface area contributed by atoms with Crippen molar-refractivity contribution in [2.75, 3.05) is 13.2 Å². The Labute approximate surface area is 114 Å². The molecule has 0 saturated carbocycles. The molecule has 3 nitrogen and oxygen atoms in total. The minimum atomic E-state index is -0.197. The van der Waals surface area contributed by atoms with Crippen molar-refractivity contribution in [2.24, 2.45) is 0 Å². The zero-order valence-corrected chi connectivity index (χ0v) is 12.3. The summed E-state index contributed by atoms with van der Waals surface area (Å²) in [4.78, 5) is 4.32.